The van der Waals surface area contributed by atoms with Crippen molar-refractivity contribution in [2.75, 3.05) is 34.4 Å². The summed E-state index contributed by atoms with van der Waals surface area (Å²) in [6, 6.07) is 8.81. The number of hydrogen-bond donors (Lipinski definition) is 1. The number of nitrogens with one attached hydrogen (secondary N) is 1. The van der Waals surface area contributed by atoms with Gasteiger partial charge in [0.15, 0.2) is 0 Å². The molecule has 5 nitrogen and oxygen atoms in total. The number of ether oxygens (including phenoxy) is 2. The van der Waals surface area contributed by atoms with Crippen LogP contribution in [0.5, 0.6) is 5.75 Å². The van der Waals surface area contributed by atoms with Crippen molar-refractivity contribution in [3.8, 4) is 5.75 Å². The number of carbonyl (C=O) groups excluding carboxylic acids is 1. The first kappa shape index (κ1) is 19.7. The van der Waals surface area contributed by atoms with Gasteiger partial charge in [0.05, 0.1) is 19.6 Å². The molecule has 0 atom stereocenters. The fourth-order valence-corrected chi connectivity index (χ4v) is 3.24. The maximum atomic E-state index is 11.6. The molecule has 0 aromatic heterocycles. The van der Waals surface area contributed by atoms with Crippen molar-refractivity contribution in [1.82, 2.24) is 10.2 Å². The van der Waals surface area contributed by atoms with Crippen LogP contribution in [0.4, 0.5) is 0 Å². The van der Waals surface area contributed by atoms with Gasteiger partial charge in [0.25, 0.3) is 0 Å². The molecular weight excluding hydrogens is 316 g/mol. The first-order chi connectivity index (χ1) is 12.1. The molecule has 1 aliphatic carbocycles. The van der Waals surface area contributed by atoms with Crippen molar-refractivity contribution in [1.29, 1.82) is 0 Å². The summed E-state index contributed by atoms with van der Waals surface area (Å²) in [4.78, 5) is 13.7. The summed E-state index contributed by atoms with van der Waals surface area (Å²) in [6.45, 7) is 2.65. The van der Waals surface area contributed by atoms with Gasteiger partial charge in [-0.25, -0.2) is 0 Å². The molecule has 2 rings (SSSR count). The van der Waals surface area contributed by atoms with Crippen LogP contribution >= 0.6 is 0 Å². The smallest absolute Gasteiger partial charge is 0.308 e. The van der Waals surface area contributed by atoms with Crippen LogP contribution in [-0.4, -0.2) is 51.3 Å². The molecule has 5 heteroatoms. The van der Waals surface area contributed by atoms with Crippen LogP contribution in [0.1, 0.15) is 37.7 Å². The lowest BCUT2D eigenvalue weighted by molar-refractivity contribution is -0.146. The van der Waals surface area contributed by atoms with E-state index < -0.39 is 0 Å². The lowest BCUT2D eigenvalue weighted by Crippen LogP contribution is -2.34. The van der Waals surface area contributed by atoms with Crippen LogP contribution in [0.3, 0.4) is 0 Å². The van der Waals surface area contributed by atoms with Crippen LogP contribution in [0.2, 0.25) is 0 Å². The summed E-state index contributed by atoms with van der Waals surface area (Å²) >= 11 is 0. The van der Waals surface area contributed by atoms with Gasteiger partial charge in [-0.05, 0) is 63.9 Å². The lowest BCUT2D eigenvalue weighted by Gasteiger charge is -2.27. The Morgan fingerprint density at radius 3 is 2.44 bits per heavy atom. The highest BCUT2D eigenvalue weighted by Crippen LogP contribution is 2.25. The van der Waals surface area contributed by atoms with Crippen LogP contribution in [0.15, 0.2) is 24.3 Å². The quantitative estimate of drug-likeness (QED) is 0.549. The second-order valence-corrected chi connectivity index (χ2v) is 7.10. The fourth-order valence-electron chi connectivity index (χ4n) is 3.24. The van der Waals surface area contributed by atoms with Crippen molar-refractivity contribution >= 4 is 5.97 Å². The van der Waals surface area contributed by atoms with E-state index in [9.17, 15) is 4.79 Å². The van der Waals surface area contributed by atoms with Gasteiger partial charge < -0.3 is 19.7 Å². The van der Waals surface area contributed by atoms with Crippen molar-refractivity contribution in [3.05, 3.63) is 29.8 Å². The number of hydrogen-bond acceptors (Lipinski definition) is 5. The average Bonchev–Trinajstić information content (AvgIpc) is 2.64. The number of nitrogens with zero attached hydrogens (tertiary/aromatic N) is 1. The number of rotatable bonds is 9. The Bertz CT molecular complexity index is 508. The van der Waals surface area contributed by atoms with Crippen molar-refractivity contribution in [3.63, 3.8) is 0 Å². The second-order valence-electron chi connectivity index (χ2n) is 7.10. The van der Waals surface area contributed by atoms with Crippen LogP contribution < -0.4 is 10.1 Å². The highest BCUT2D eigenvalue weighted by Gasteiger charge is 2.26. The number of benzene rings is 1. The summed E-state index contributed by atoms with van der Waals surface area (Å²) in [5, 5.41) is 3.60. The second kappa shape index (κ2) is 10.4. The molecule has 0 radical (unpaired) electrons. The highest BCUT2D eigenvalue weighted by molar-refractivity contribution is 5.72. The third-order valence-electron chi connectivity index (χ3n) is 4.80. The monoisotopic (exact) mass is 348 g/mol. The molecule has 0 unspecified atom stereocenters. The molecule has 1 N–H and O–H groups in total. The number of methoxy groups -OCH3 is 1. The molecule has 0 spiro atoms. The van der Waals surface area contributed by atoms with Crippen molar-refractivity contribution in [2.45, 2.75) is 44.7 Å². The molecule has 1 aliphatic rings. The molecule has 0 bridgehead atoms. The van der Waals surface area contributed by atoms with E-state index in [1.165, 1.54) is 12.7 Å². The normalized spacial score (nSPS) is 20.5. The van der Waals surface area contributed by atoms with Gasteiger partial charge in [0.2, 0.25) is 0 Å². The maximum absolute atomic E-state index is 11.6. The van der Waals surface area contributed by atoms with E-state index in [0.29, 0.717) is 6.04 Å². The molecule has 1 fully saturated rings. The van der Waals surface area contributed by atoms with Crippen LogP contribution in [0.25, 0.3) is 0 Å². The summed E-state index contributed by atoms with van der Waals surface area (Å²) in [5.41, 5.74) is 1.26. The summed E-state index contributed by atoms with van der Waals surface area (Å²) in [7, 11) is 5.62. The predicted molar refractivity (Wildman–Crippen MR) is 99.7 cm³/mol. The van der Waals surface area contributed by atoms with E-state index in [2.05, 4.69) is 36.4 Å². The van der Waals surface area contributed by atoms with Gasteiger partial charge in [-0.2, -0.15) is 0 Å². The predicted octanol–water partition coefficient (Wildman–Crippen LogP) is 2.84. The molecule has 25 heavy (non-hydrogen) atoms. The minimum Gasteiger partial charge on any atom is -0.494 e. The fraction of sp³-hybridized carbons (Fsp3) is 0.650. The minimum absolute atomic E-state index is 0.0559. The van der Waals surface area contributed by atoms with Gasteiger partial charge in [-0.3, -0.25) is 4.79 Å². The first-order valence-electron chi connectivity index (χ1n) is 9.26. The Morgan fingerprint density at radius 1 is 1.16 bits per heavy atom. The third-order valence-corrected chi connectivity index (χ3v) is 4.80. The van der Waals surface area contributed by atoms with Crippen LogP contribution in [-0.2, 0) is 16.1 Å². The van der Waals surface area contributed by atoms with Crippen molar-refractivity contribution in [2.24, 2.45) is 5.92 Å². The molecule has 0 saturated heterocycles. The minimum atomic E-state index is -0.0559. The molecule has 140 valence electrons. The van der Waals surface area contributed by atoms with Gasteiger partial charge >= 0.3 is 5.97 Å². The molecule has 0 heterocycles. The van der Waals surface area contributed by atoms with Gasteiger partial charge in [0, 0.05) is 19.1 Å². The average molecular weight is 348 g/mol. The molecule has 1 saturated carbocycles. The van der Waals surface area contributed by atoms with E-state index in [1.54, 1.807) is 0 Å². The van der Waals surface area contributed by atoms with E-state index >= 15 is 0 Å². The zero-order valence-electron chi connectivity index (χ0n) is 15.8. The van der Waals surface area contributed by atoms with E-state index in [0.717, 1.165) is 57.6 Å². The lowest BCUT2D eigenvalue weighted by atomic mass is 9.86. The third kappa shape index (κ3) is 7.04. The van der Waals surface area contributed by atoms with E-state index in [1.807, 2.05) is 12.1 Å². The number of esters is 1. The number of carbonyl (C=O) groups is 1. The Kier molecular flexibility index (Phi) is 8.22. The van der Waals surface area contributed by atoms with E-state index in [-0.39, 0.29) is 11.9 Å². The summed E-state index contributed by atoms with van der Waals surface area (Å²) in [5.74, 6) is 0.965. The summed E-state index contributed by atoms with van der Waals surface area (Å²) in [6.07, 6.45) is 4.94. The standard InChI is InChI=1S/C20H32N2O3/c1-22(2)13-4-14-25-19-11-5-16(6-12-19)15-21-18-9-7-17(8-10-18)20(23)24-3/h5-6,11-12,17-18,21H,4,7-10,13-15H2,1-3H3. The summed E-state index contributed by atoms with van der Waals surface area (Å²) < 4.78 is 10.6. The zero-order chi connectivity index (χ0) is 18.1. The van der Waals surface area contributed by atoms with Gasteiger partial charge in [0.1, 0.15) is 5.75 Å². The Labute approximate surface area is 151 Å². The largest absolute Gasteiger partial charge is 0.494 e. The van der Waals surface area contributed by atoms with Crippen molar-refractivity contribution < 1.29 is 14.3 Å². The Balaban J connectivity index is 1.65. The Hall–Kier alpha value is -1.59. The van der Waals surface area contributed by atoms with Crippen LogP contribution in [0, 0.1) is 5.92 Å². The SMILES string of the molecule is COC(=O)C1CCC(NCc2ccc(OCCCN(C)C)cc2)CC1. The molecule has 0 aliphatic heterocycles. The Morgan fingerprint density at radius 2 is 1.84 bits per heavy atom. The van der Waals surface area contributed by atoms with Gasteiger partial charge in [-0.1, -0.05) is 12.1 Å². The van der Waals surface area contributed by atoms with Gasteiger partial charge in [-0.15, -0.1) is 0 Å². The molecule has 0 amide bonds. The molecular formula is C20H32N2O3. The first-order valence-corrected chi connectivity index (χ1v) is 9.26. The van der Waals surface area contributed by atoms with E-state index in [4.69, 9.17) is 9.47 Å². The zero-order valence-corrected chi connectivity index (χ0v) is 15.8. The molecule has 1 aromatic rings. The highest BCUT2D eigenvalue weighted by atomic mass is 16.5. The topological polar surface area (TPSA) is 50.8 Å². The molecule has 1 aromatic carbocycles. The maximum Gasteiger partial charge on any atom is 0.308 e.